The van der Waals surface area contributed by atoms with Crippen LogP contribution in [0.15, 0.2) is 54.6 Å². The number of hydrazine groups is 1. The lowest BCUT2D eigenvalue weighted by molar-refractivity contribution is 0.170. The van der Waals surface area contributed by atoms with Gasteiger partial charge in [-0.15, -0.1) is 0 Å². The molecule has 0 radical (unpaired) electrons. The van der Waals surface area contributed by atoms with Crippen molar-refractivity contribution in [2.75, 3.05) is 0 Å². The van der Waals surface area contributed by atoms with Crippen LogP contribution in [0.2, 0.25) is 5.02 Å². The van der Waals surface area contributed by atoms with Crippen molar-refractivity contribution >= 4 is 11.6 Å². The van der Waals surface area contributed by atoms with Gasteiger partial charge in [-0.3, -0.25) is 11.3 Å². The van der Waals surface area contributed by atoms with Crippen LogP contribution in [0, 0.1) is 0 Å². The standard InChI is InChI=1S/C17H19ClN2/c18-15-9-4-6-13(12-15)16(20-19)17(10-5-11-17)14-7-2-1-3-8-14/h1-4,6-9,12,16,20H,5,10-11,19H2. The van der Waals surface area contributed by atoms with Gasteiger partial charge in [0.2, 0.25) is 0 Å². The van der Waals surface area contributed by atoms with Crippen LogP contribution in [-0.2, 0) is 5.41 Å². The molecule has 20 heavy (non-hydrogen) atoms. The second-order valence-electron chi connectivity index (χ2n) is 5.53. The first-order valence-corrected chi connectivity index (χ1v) is 7.41. The van der Waals surface area contributed by atoms with E-state index in [0.29, 0.717) is 0 Å². The third-order valence-electron chi connectivity index (χ3n) is 4.50. The fraction of sp³-hybridized carbons (Fsp3) is 0.294. The van der Waals surface area contributed by atoms with Gasteiger partial charge >= 0.3 is 0 Å². The van der Waals surface area contributed by atoms with Gasteiger partial charge in [-0.05, 0) is 36.1 Å². The maximum atomic E-state index is 6.13. The first-order chi connectivity index (χ1) is 9.76. The summed E-state index contributed by atoms with van der Waals surface area (Å²) in [5.41, 5.74) is 5.62. The Morgan fingerprint density at radius 2 is 1.80 bits per heavy atom. The van der Waals surface area contributed by atoms with E-state index >= 15 is 0 Å². The summed E-state index contributed by atoms with van der Waals surface area (Å²) >= 11 is 6.13. The van der Waals surface area contributed by atoms with Gasteiger partial charge in [0, 0.05) is 10.4 Å². The Bertz CT molecular complexity index is 579. The Morgan fingerprint density at radius 1 is 1.05 bits per heavy atom. The zero-order valence-corrected chi connectivity index (χ0v) is 12.1. The minimum atomic E-state index is 0.0840. The summed E-state index contributed by atoms with van der Waals surface area (Å²) in [5, 5.41) is 0.755. The van der Waals surface area contributed by atoms with Crippen molar-refractivity contribution in [1.29, 1.82) is 0 Å². The number of benzene rings is 2. The zero-order chi connectivity index (χ0) is 14.0. The maximum Gasteiger partial charge on any atom is 0.0557 e. The normalized spacial score (nSPS) is 18.3. The van der Waals surface area contributed by atoms with E-state index < -0.39 is 0 Å². The van der Waals surface area contributed by atoms with Gasteiger partial charge in [-0.1, -0.05) is 60.5 Å². The predicted molar refractivity (Wildman–Crippen MR) is 83.5 cm³/mol. The smallest absolute Gasteiger partial charge is 0.0557 e. The number of nitrogens with one attached hydrogen (secondary N) is 1. The number of rotatable bonds is 4. The molecule has 1 saturated carbocycles. The monoisotopic (exact) mass is 286 g/mol. The molecule has 3 heteroatoms. The maximum absolute atomic E-state index is 6.13. The molecule has 0 amide bonds. The van der Waals surface area contributed by atoms with Crippen molar-refractivity contribution in [1.82, 2.24) is 5.43 Å². The minimum Gasteiger partial charge on any atom is -0.271 e. The van der Waals surface area contributed by atoms with E-state index in [1.165, 1.54) is 12.0 Å². The van der Waals surface area contributed by atoms with Crippen molar-refractivity contribution in [2.24, 2.45) is 5.84 Å². The molecule has 1 aliphatic carbocycles. The molecule has 2 nitrogen and oxygen atoms in total. The highest BCUT2D eigenvalue weighted by Crippen LogP contribution is 2.51. The SMILES string of the molecule is NNC(c1cccc(Cl)c1)C1(c2ccccc2)CCC1. The van der Waals surface area contributed by atoms with E-state index in [0.717, 1.165) is 23.4 Å². The van der Waals surface area contributed by atoms with Crippen LogP contribution in [0.5, 0.6) is 0 Å². The van der Waals surface area contributed by atoms with E-state index in [4.69, 9.17) is 17.4 Å². The molecule has 1 atom stereocenters. The van der Waals surface area contributed by atoms with Crippen LogP contribution in [0.25, 0.3) is 0 Å². The summed E-state index contributed by atoms with van der Waals surface area (Å²) in [6.07, 6.45) is 3.55. The van der Waals surface area contributed by atoms with Gasteiger partial charge in [0.1, 0.15) is 0 Å². The number of halogens is 1. The molecular formula is C17H19ClN2. The molecule has 104 valence electrons. The van der Waals surface area contributed by atoms with Crippen LogP contribution >= 0.6 is 11.6 Å². The van der Waals surface area contributed by atoms with E-state index in [2.05, 4.69) is 41.8 Å². The van der Waals surface area contributed by atoms with Crippen molar-refractivity contribution in [3.63, 3.8) is 0 Å². The number of nitrogens with two attached hydrogens (primary N) is 1. The molecule has 3 N–H and O–H groups in total. The second kappa shape index (κ2) is 5.57. The van der Waals surface area contributed by atoms with Gasteiger partial charge in [0.15, 0.2) is 0 Å². The van der Waals surface area contributed by atoms with Gasteiger partial charge in [-0.25, -0.2) is 0 Å². The molecule has 0 aromatic heterocycles. The molecule has 2 aromatic carbocycles. The Balaban J connectivity index is 2.03. The molecule has 0 spiro atoms. The highest BCUT2D eigenvalue weighted by molar-refractivity contribution is 6.30. The lowest BCUT2D eigenvalue weighted by Gasteiger charge is -2.48. The lowest BCUT2D eigenvalue weighted by atomic mass is 9.59. The topological polar surface area (TPSA) is 38.0 Å². The number of hydrogen-bond acceptors (Lipinski definition) is 2. The summed E-state index contributed by atoms with van der Waals surface area (Å²) in [4.78, 5) is 0. The largest absolute Gasteiger partial charge is 0.271 e. The van der Waals surface area contributed by atoms with E-state index in [1.54, 1.807) is 0 Å². The lowest BCUT2D eigenvalue weighted by Crippen LogP contribution is -2.48. The average molecular weight is 287 g/mol. The molecule has 0 saturated heterocycles. The van der Waals surface area contributed by atoms with Gasteiger partial charge in [-0.2, -0.15) is 0 Å². The molecule has 0 aliphatic heterocycles. The quantitative estimate of drug-likeness (QED) is 0.659. The molecule has 1 aliphatic rings. The zero-order valence-electron chi connectivity index (χ0n) is 11.4. The van der Waals surface area contributed by atoms with E-state index in [1.807, 2.05) is 18.2 Å². The molecule has 1 fully saturated rings. The third kappa shape index (κ3) is 2.24. The predicted octanol–water partition coefficient (Wildman–Crippen LogP) is 3.97. The van der Waals surface area contributed by atoms with Gasteiger partial charge in [0.05, 0.1) is 6.04 Å². The Morgan fingerprint density at radius 3 is 2.35 bits per heavy atom. The summed E-state index contributed by atoms with van der Waals surface area (Å²) in [7, 11) is 0. The molecule has 0 bridgehead atoms. The van der Waals surface area contributed by atoms with Gasteiger partial charge in [0.25, 0.3) is 0 Å². The molecule has 2 aromatic rings. The van der Waals surface area contributed by atoms with Crippen molar-refractivity contribution < 1.29 is 0 Å². The average Bonchev–Trinajstić information content (AvgIpc) is 2.43. The Hall–Kier alpha value is -1.35. The fourth-order valence-electron chi connectivity index (χ4n) is 3.33. The van der Waals surface area contributed by atoms with Crippen LogP contribution in [0.4, 0.5) is 0 Å². The van der Waals surface area contributed by atoms with E-state index in [9.17, 15) is 0 Å². The summed E-state index contributed by atoms with van der Waals surface area (Å²) < 4.78 is 0. The minimum absolute atomic E-state index is 0.0840. The first-order valence-electron chi connectivity index (χ1n) is 7.03. The van der Waals surface area contributed by atoms with Crippen molar-refractivity contribution in [3.8, 4) is 0 Å². The molecule has 0 heterocycles. The van der Waals surface area contributed by atoms with Crippen molar-refractivity contribution in [2.45, 2.75) is 30.7 Å². The fourth-order valence-corrected chi connectivity index (χ4v) is 3.53. The Labute approximate surface area is 124 Å². The third-order valence-corrected chi connectivity index (χ3v) is 4.73. The van der Waals surface area contributed by atoms with Crippen LogP contribution in [0.3, 0.4) is 0 Å². The summed E-state index contributed by atoms with van der Waals surface area (Å²) in [6, 6.07) is 18.7. The summed E-state index contributed by atoms with van der Waals surface area (Å²) in [5.74, 6) is 5.89. The highest BCUT2D eigenvalue weighted by atomic mass is 35.5. The van der Waals surface area contributed by atoms with Gasteiger partial charge < -0.3 is 0 Å². The number of hydrogen-bond donors (Lipinski definition) is 2. The first kappa shape index (κ1) is 13.6. The highest BCUT2D eigenvalue weighted by Gasteiger charge is 2.45. The molecular weight excluding hydrogens is 268 g/mol. The van der Waals surface area contributed by atoms with Crippen LogP contribution < -0.4 is 11.3 Å². The second-order valence-corrected chi connectivity index (χ2v) is 5.97. The Kier molecular flexibility index (Phi) is 3.79. The molecule has 3 rings (SSSR count). The van der Waals surface area contributed by atoms with Crippen LogP contribution in [-0.4, -0.2) is 0 Å². The van der Waals surface area contributed by atoms with E-state index in [-0.39, 0.29) is 11.5 Å². The molecule has 1 unspecified atom stereocenters. The van der Waals surface area contributed by atoms with Crippen molar-refractivity contribution in [3.05, 3.63) is 70.7 Å². The summed E-state index contributed by atoms with van der Waals surface area (Å²) in [6.45, 7) is 0. The van der Waals surface area contributed by atoms with Crippen LogP contribution in [0.1, 0.15) is 36.4 Å².